The Kier molecular flexibility index (Phi) is 6.49. The Morgan fingerprint density at radius 2 is 2.04 bits per heavy atom. The molecule has 152 valence electrons. The lowest BCUT2D eigenvalue weighted by molar-refractivity contribution is -0.183. The molecule has 0 saturated heterocycles. The minimum atomic E-state index is -4.13. The number of nitrogens with one attached hydrogen (secondary N) is 2. The van der Waals surface area contributed by atoms with Crippen LogP contribution >= 0.6 is 11.6 Å². The molecule has 2 unspecified atom stereocenters. The van der Waals surface area contributed by atoms with Crippen LogP contribution in [0.3, 0.4) is 0 Å². The smallest absolute Gasteiger partial charge is 0.354 e. The van der Waals surface area contributed by atoms with Gasteiger partial charge in [-0.25, -0.2) is 4.68 Å². The van der Waals surface area contributed by atoms with Gasteiger partial charge >= 0.3 is 6.18 Å². The van der Waals surface area contributed by atoms with Crippen molar-refractivity contribution in [2.75, 3.05) is 7.05 Å². The molecule has 1 fully saturated rings. The monoisotopic (exact) mass is 413 g/mol. The highest BCUT2D eigenvalue weighted by Crippen LogP contribution is 2.37. The summed E-state index contributed by atoms with van der Waals surface area (Å²) in [7, 11) is 1.61. The zero-order valence-electron chi connectivity index (χ0n) is 15.5. The van der Waals surface area contributed by atoms with Crippen LogP contribution in [0.25, 0.3) is 5.69 Å². The quantitative estimate of drug-likeness (QED) is 0.580. The third-order valence-corrected chi connectivity index (χ3v) is 5.14. The van der Waals surface area contributed by atoms with Crippen LogP contribution in [-0.4, -0.2) is 35.0 Å². The molecule has 3 rings (SSSR count). The Balaban J connectivity index is 1.54. The predicted molar refractivity (Wildman–Crippen MR) is 104 cm³/mol. The number of benzene rings is 1. The summed E-state index contributed by atoms with van der Waals surface area (Å²) in [5.41, 5.74) is 1.81. The average molecular weight is 414 g/mol. The molecule has 2 atom stereocenters. The zero-order valence-corrected chi connectivity index (χ0v) is 16.3. The first-order valence-electron chi connectivity index (χ1n) is 9.18. The SMILES string of the molecule is CN=C(NCc1cnn(-c2ccc(Cl)cc2)c1)NC1CCCC(C(F)(F)F)C1. The summed E-state index contributed by atoms with van der Waals surface area (Å²) in [6, 6.07) is 7.09. The molecule has 1 aliphatic carbocycles. The largest absolute Gasteiger partial charge is 0.391 e. The van der Waals surface area contributed by atoms with E-state index in [1.807, 2.05) is 18.3 Å². The molecule has 1 aromatic heterocycles. The molecular weight excluding hydrogens is 391 g/mol. The van der Waals surface area contributed by atoms with Gasteiger partial charge in [-0.2, -0.15) is 18.3 Å². The van der Waals surface area contributed by atoms with Gasteiger partial charge in [-0.15, -0.1) is 0 Å². The summed E-state index contributed by atoms with van der Waals surface area (Å²) in [6.07, 6.45) is 1.04. The van der Waals surface area contributed by atoms with Crippen molar-refractivity contribution in [3.63, 3.8) is 0 Å². The summed E-state index contributed by atoms with van der Waals surface area (Å²) >= 11 is 5.90. The van der Waals surface area contributed by atoms with Crippen molar-refractivity contribution in [3.8, 4) is 5.69 Å². The average Bonchev–Trinajstić information content (AvgIpc) is 3.14. The van der Waals surface area contributed by atoms with Crippen molar-refractivity contribution in [1.29, 1.82) is 0 Å². The molecule has 0 bridgehead atoms. The van der Waals surface area contributed by atoms with Crippen LogP contribution in [0.5, 0.6) is 0 Å². The number of halogens is 4. The lowest BCUT2D eigenvalue weighted by Gasteiger charge is -2.31. The Hall–Kier alpha value is -2.22. The van der Waals surface area contributed by atoms with Crippen LogP contribution < -0.4 is 10.6 Å². The van der Waals surface area contributed by atoms with Crippen molar-refractivity contribution in [1.82, 2.24) is 20.4 Å². The lowest BCUT2D eigenvalue weighted by Crippen LogP contribution is -2.46. The third kappa shape index (κ3) is 5.41. The Morgan fingerprint density at radius 3 is 2.71 bits per heavy atom. The minimum Gasteiger partial charge on any atom is -0.354 e. The maximum Gasteiger partial charge on any atom is 0.391 e. The molecule has 1 aliphatic rings. The van der Waals surface area contributed by atoms with E-state index >= 15 is 0 Å². The second-order valence-electron chi connectivity index (χ2n) is 6.94. The first-order valence-corrected chi connectivity index (χ1v) is 9.56. The van der Waals surface area contributed by atoms with E-state index in [1.165, 1.54) is 0 Å². The van der Waals surface area contributed by atoms with Crippen molar-refractivity contribution < 1.29 is 13.2 Å². The topological polar surface area (TPSA) is 54.2 Å². The normalized spacial score (nSPS) is 20.8. The highest BCUT2D eigenvalue weighted by atomic mass is 35.5. The number of aromatic nitrogens is 2. The zero-order chi connectivity index (χ0) is 20.1. The van der Waals surface area contributed by atoms with Gasteiger partial charge in [0.15, 0.2) is 5.96 Å². The third-order valence-electron chi connectivity index (χ3n) is 4.89. The summed E-state index contributed by atoms with van der Waals surface area (Å²) in [4.78, 5) is 4.13. The molecule has 2 N–H and O–H groups in total. The van der Waals surface area contributed by atoms with E-state index in [9.17, 15) is 13.2 Å². The number of hydrogen-bond donors (Lipinski definition) is 2. The number of rotatable bonds is 4. The second-order valence-corrected chi connectivity index (χ2v) is 7.38. The van der Waals surface area contributed by atoms with E-state index in [1.54, 1.807) is 30.1 Å². The molecule has 1 aromatic carbocycles. The maximum atomic E-state index is 13.0. The van der Waals surface area contributed by atoms with Gasteiger partial charge < -0.3 is 10.6 Å². The molecule has 2 aromatic rings. The molecule has 0 amide bonds. The fourth-order valence-electron chi connectivity index (χ4n) is 3.38. The van der Waals surface area contributed by atoms with Crippen molar-refractivity contribution in [2.24, 2.45) is 10.9 Å². The molecular formula is C19H23ClF3N5. The Labute approximate surface area is 167 Å². The molecule has 28 heavy (non-hydrogen) atoms. The summed E-state index contributed by atoms with van der Waals surface area (Å²) in [5.74, 6) is -0.749. The van der Waals surface area contributed by atoms with Gasteiger partial charge in [0.05, 0.1) is 17.8 Å². The number of aliphatic imine (C=N–C) groups is 1. The highest BCUT2D eigenvalue weighted by Gasteiger charge is 2.42. The molecule has 0 aliphatic heterocycles. The van der Waals surface area contributed by atoms with Gasteiger partial charge in [-0.05, 0) is 43.5 Å². The Morgan fingerprint density at radius 1 is 1.29 bits per heavy atom. The van der Waals surface area contributed by atoms with Crippen LogP contribution in [-0.2, 0) is 6.54 Å². The lowest BCUT2D eigenvalue weighted by atomic mass is 9.85. The summed E-state index contributed by atoms with van der Waals surface area (Å²) < 4.78 is 40.7. The van der Waals surface area contributed by atoms with E-state index in [4.69, 9.17) is 11.6 Å². The fraction of sp³-hybridized carbons (Fsp3) is 0.474. The van der Waals surface area contributed by atoms with Crippen LogP contribution in [0.1, 0.15) is 31.2 Å². The van der Waals surface area contributed by atoms with Gasteiger partial charge in [-0.3, -0.25) is 4.99 Å². The van der Waals surface area contributed by atoms with E-state index < -0.39 is 12.1 Å². The maximum absolute atomic E-state index is 13.0. The van der Waals surface area contributed by atoms with Gasteiger partial charge in [0.1, 0.15) is 0 Å². The molecule has 1 saturated carbocycles. The van der Waals surface area contributed by atoms with Gasteiger partial charge in [0, 0.05) is 36.4 Å². The highest BCUT2D eigenvalue weighted by molar-refractivity contribution is 6.30. The number of guanidine groups is 1. The first kappa shape index (κ1) is 20.5. The summed E-state index contributed by atoms with van der Waals surface area (Å²) in [5, 5.41) is 11.2. The van der Waals surface area contributed by atoms with Crippen LogP contribution in [0.4, 0.5) is 13.2 Å². The number of alkyl halides is 3. The standard InChI is InChI=1S/C19H23ClF3N5/c1-24-18(27-16-4-2-3-14(9-16)19(21,22)23)25-10-13-11-26-28(12-13)17-7-5-15(20)6-8-17/h5-8,11-12,14,16H,2-4,9-10H2,1H3,(H2,24,25,27). The van der Waals surface area contributed by atoms with Crippen molar-refractivity contribution >= 4 is 17.6 Å². The Bertz CT molecular complexity index is 801. The molecule has 9 heteroatoms. The van der Waals surface area contributed by atoms with Crippen molar-refractivity contribution in [3.05, 3.63) is 47.2 Å². The minimum absolute atomic E-state index is 0.0820. The number of nitrogens with zero attached hydrogens (tertiary/aromatic N) is 3. The van der Waals surface area contributed by atoms with Gasteiger partial charge in [0.25, 0.3) is 0 Å². The van der Waals surface area contributed by atoms with E-state index in [-0.39, 0.29) is 18.9 Å². The number of hydrogen-bond acceptors (Lipinski definition) is 2. The molecule has 0 radical (unpaired) electrons. The van der Waals surface area contributed by atoms with E-state index in [0.717, 1.165) is 11.3 Å². The molecule has 1 heterocycles. The van der Waals surface area contributed by atoms with Gasteiger partial charge in [0.2, 0.25) is 0 Å². The van der Waals surface area contributed by atoms with E-state index in [2.05, 4.69) is 20.7 Å². The summed E-state index contributed by atoms with van der Waals surface area (Å²) in [6.45, 7) is 0.461. The van der Waals surface area contributed by atoms with Gasteiger partial charge in [-0.1, -0.05) is 18.0 Å². The predicted octanol–water partition coefficient (Wildman–Crippen LogP) is 4.31. The fourth-order valence-corrected chi connectivity index (χ4v) is 3.50. The van der Waals surface area contributed by atoms with Crippen LogP contribution in [0.2, 0.25) is 5.02 Å². The van der Waals surface area contributed by atoms with Crippen molar-refractivity contribution in [2.45, 2.75) is 44.4 Å². The van der Waals surface area contributed by atoms with Crippen LogP contribution in [0.15, 0.2) is 41.7 Å². The van der Waals surface area contributed by atoms with Crippen LogP contribution in [0, 0.1) is 5.92 Å². The molecule has 0 spiro atoms. The first-order chi connectivity index (χ1) is 13.3. The molecule has 5 nitrogen and oxygen atoms in total. The second kappa shape index (κ2) is 8.86. The van der Waals surface area contributed by atoms with E-state index in [0.29, 0.717) is 30.4 Å².